The van der Waals surface area contributed by atoms with Gasteiger partial charge in [0, 0.05) is 11.6 Å². The quantitative estimate of drug-likeness (QED) is 0.782. The maximum atomic E-state index is 9.76. The molecule has 2 atom stereocenters. The Hall–Kier alpha value is -0.780. The topological polar surface area (TPSA) is 75.7 Å². The summed E-state index contributed by atoms with van der Waals surface area (Å²) in [5.41, 5.74) is 5.92. The van der Waals surface area contributed by atoms with Gasteiger partial charge in [-0.3, -0.25) is 0 Å². The minimum Gasteiger partial charge on any atom is -0.506 e. The van der Waals surface area contributed by atoms with Crippen LogP contribution < -0.4 is 10.5 Å². The van der Waals surface area contributed by atoms with E-state index in [0.717, 1.165) is 0 Å². The molecular formula is C10H14BrNO3. The van der Waals surface area contributed by atoms with Crippen LogP contribution in [-0.4, -0.2) is 23.4 Å². The molecule has 1 aromatic rings. The van der Waals surface area contributed by atoms with Crippen molar-refractivity contribution in [2.75, 3.05) is 7.11 Å². The van der Waals surface area contributed by atoms with Crippen molar-refractivity contribution in [2.24, 2.45) is 5.73 Å². The number of phenolic OH excluding ortho intramolecular Hbond substituents is 1. The summed E-state index contributed by atoms with van der Waals surface area (Å²) in [6.07, 6.45) is -0.920. The van der Waals surface area contributed by atoms with Crippen LogP contribution >= 0.6 is 15.9 Å². The third-order valence-electron chi connectivity index (χ3n) is 2.12. The van der Waals surface area contributed by atoms with Crippen molar-refractivity contribution in [1.29, 1.82) is 0 Å². The first-order chi connectivity index (χ1) is 6.97. The number of aliphatic hydroxyl groups excluding tert-OH is 1. The van der Waals surface area contributed by atoms with Gasteiger partial charge in [-0.1, -0.05) is 0 Å². The summed E-state index contributed by atoms with van der Waals surface area (Å²) >= 11 is 3.17. The normalized spacial score (nSPS) is 14.7. The van der Waals surface area contributed by atoms with Crippen molar-refractivity contribution in [2.45, 2.75) is 19.1 Å². The molecule has 0 fully saturated rings. The number of phenols is 1. The number of ether oxygens (including phenoxy) is 1. The molecule has 84 valence electrons. The predicted octanol–water partition coefficient (Wildman–Crippen LogP) is 1.54. The maximum absolute atomic E-state index is 9.76. The van der Waals surface area contributed by atoms with Gasteiger partial charge in [0.05, 0.1) is 17.7 Å². The van der Waals surface area contributed by atoms with E-state index in [2.05, 4.69) is 15.9 Å². The number of aromatic hydroxyl groups is 1. The Kier molecular flexibility index (Phi) is 3.96. The highest BCUT2D eigenvalue weighted by Crippen LogP contribution is 2.36. The van der Waals surface area contributed by atoms with Gasteiger partial charge in [0.2, 0.25) is 0 Å². The van der Waals surface area contributed by atoms with Gasteiger partial charge in [0.15, 0.2) is 0 Å². The average molecular weight is 276 g/mol. The molecule has 0 saturated heterocycles. The zero-order valence-corrected chi connectivity index (χ0v) is 10.2. The van der Waals surface area contributed by atoms with Gasteiger partial charge >= 0.3 is 0 Å². The lowest BCUT2D eigenvalue weighted by Gasteiger charge is -2.17. The van der Waals surface area contributed by atoms with E-state index in [-0.39, 0.29) is 5.75 Å². The summed E-state index contributed by atoms with van der Waals surface area (Å²) in [5.74, 6) is 0.537. The van der Waals surface area contributed by atoms with E-state index in [0.29, 0.717) is 15.8 Å². The smallest absolute Gasteiger partial charge is 0.135 e. The number of benzene rings is 1. The Bertz CT molecular complexity index is 355. The van der Waals surface area contributed by atoms with Gasteiger partial charge in [-0.25, -0.2) is 0 Å². The van der Waals surface area contributed by atoms with E-state index in [9.17, 15) is 10.2 Å². The molecule has 0 saturated carbocycles. The van der Waals surface area contributed by atoms with E-state index in [1.54, 1.807) is 19.1 Å². The van der Waals surface area contributed by atoms with Crippen molar-refractivity contribution in [1.82, 2.24) is 0 Å². The number of nitrogens with two attached hydrogens (primary N) is 1. The largest absolute Gasteiger partial charge is 0.506 e. The standard InChI is InChI=1S/C10H14BrNO3/c1-5(12)9(13)7-3-6(15-2)4-8(11)10(7)14/h3-5,9,13-14H,12H2,1-2H3. The van der Waals surface area contributed by atoms with E-state index in [4.69, 9.17) is 10.5 Å². The van der Waals surface area contributed by atoms with Gasteiger partial charge in [0.1, 0.15) is 11.5 Å². The molecule has 1 aromatic carbocycles. The van der Waals surface area contributed by atoms with Crippen molar-refractivity contribution in [3.05, 3.63) is 22.2 Å². The number of halogens is 1. The van der Waals surface area contributed by atoms with Crippen LogP contribution in [0.5, 0.6) is 11.5 Å². The highest BCUT2D eigenvalue weighted by molar-refractivity contribution is 9.10. The molecule has 0 bridgehead atoms. The molecule has 0 radical (unpaired) electrons. The summed E-state index contributed by atoms with van der Waals surface area (Å²) in [6.45, 7) is 1.66. The number of hydrogen-bond acceptors (Lipinski definition) is 4. The van der Waals surface area contributed by atoms with Crippen LogP contribution in [0.4, 0.5) is 0 Å². The van der Waals surface area contributed by atoms with Gasteiger partial charge in [-0.05, 0) is 35.0 Å². The molecule has 4 N–H and O–H groups in total. The number of hydrogen-bond donors (Lipinski definition) is 3. The van der Waals surface area contributed by atoms with Crippen LogP contribution in [0.1, 0.15) is 18.6 Å². The van der Waals surface area contributed by atoms with Crippen molar-refractivity contribution < 1.29 is 14.9 Å². The van der Waals surface area contributed by atoms with Gasteiger partial charge in [-0.2, -0.15) is 0 Å². The first kappa shape index (κ1) is 12.3. The number of aliphatic hydroxyl groups is 1. The Morgan fingerprint density at radius 2 is 2.07 bits per heavy atom. The lowest BCUT2D eigenvalue weighted by Crippen LogP contribution is -2.24. The van der Waals surface area contributed by atoms with Crippen LogP contribution in [0, 0.1) is 0 Å². The molecule has 0 spiro atoms. The van der Waals surface area contributed by atoms with E-state index >= 15 is 0 Å². The molecule has 0 aliphatic carbocycles. The van der Waals surface area contributed by atoms with E-state index in [1.165, 1.54) is 7.11 Å². The fourth-order valence-electron chi connectivity index (χ4n) is 1.22. The van der Waals surface area contributed by atoms with Crippen LogP contribution in [0.15, 0.2) is 16.6 Å². The average Bonchev–Trinajstić information content (AvgIpc) is 2.20. The van der Waals surface area contributed by atoms with Crippen molar-refractivity contribution in [3.8, 4) is 11.5 Å². The molecule has 4 nitrogen and oxygen atoms in total. The van der Waals surface area contributed by atoms with Crippen LogP contribution in [0.3, 0.4) is 0 Å². The SMILES string of the molecule is COc1cc(Br)c(O)c(C(O)C(C)N)c1. The van der Waals surface area contributed by atoms with E-state index in [1.807, 2.05) is 0 Å². The zero-order chi connectivity index (χ0) is 11.6. The summed E-state index contributed by atoms with van der Waals surface area (Å²) in [4.78, 5) is 0. The minimum absolute atomic E-state index is 0.0133. The molecule has 2 unspecified atom stereocenters. The predicted molar refractivity (Wildman–Crippen MR) is 61.0 cm³/mol. The third-order valence-corrected chi connectivity index (χ3v) is 2.72. The van der Waals surface area contributed by atoms with E-state index < -0.39 is 12.1 Å². The third kappa shape index (κ3) is 2.62. The molecule has 5 heteroatoms. The fraction of sp³-hybridized carbons (Fsp3) is 0.400. The van der Waals surface area contributed by atoms with Gasteiger partial charge < -0.3 is 20.7 Å². The maximum Gasteiger partial charge on any atom is 0.135 e. The minimum atomic E-state index is -0.920. The molecule has 15 heavy (non-hydrogen) atoms. The summed E-state index contributed by atoms with van der Waals surface area (Å²) in [6, 6.07) is 2.72. The van der Waals surface area contributed by atoms with Gasteiger partial charge in [-0.15, -0.1) is 0 Å². The fourth-order valence-corrected chi connectivity index (χ4v) is 1.68. The summed E-state index contributed by atoms with van der Waals surface area (Å²) in [7, 11) is 1.51. The molecule has 1 rings (SSSR count). The van der Waals surface area contributed by atoms with Crippen molar-refractivity contribution >= 4 is 15.9 Å². The Labute approximate surface area is 96.8 Å². The molecule has 0 aliphatic rings. The highest BCUT2D eigenvalue weighted by atomic mass is 79.9. The van der Waals surface area contributed by atoms with Crippen LogP contribution in [0.2, 0.25) is 0 Å². The van der Waals surface area contributed by atoms with Crippen molar-refractivity contribution in [3.63, 3.8) is 0 Å². The Balaban J connectivity index is 3.21. The highest BCUT2D eigenvalue weighted by Gasteiger charge is 2.19. The number of methoxy groups -OCH3 is 1. The molecular weight excluding hydrogens is 262 g/mol. The molecule has 0 amide bonds. The zero-order valence-electron chi connectivity index (χ0n) is 8.57. The Morgan fingerprint density at radius 1 is 1.47 bits per heavy atom. The molecule has 0 heterocycles. The number of rotatable bonds is 3. The monoisotopic (exact) mass is 275 g/mol. The second-order valence-corrected chi connectivity index (χ2v) is 4.21. The second kappa shape index (κ2) is 4.83. The van der Waals surface area contributed by atoms with Gasteiger partial charge in [0.25, 0.3) is 0 Å². The summed E-state index contributed by atoms with van der Waals surface area (Å²) < 4.78 is 5.50. The van der Waals surface area contributed by atoms with Crippen LogP contribution in [0.25, 0.3) is 0 Å². The summed E-state index contributed by atoms with van der Waals surface area (Å²) in [5, 5.41) is 19.5. The second-order valence-electron chi connectivity index (χ2n) is 3.35. The molecule has 0 aromatic heterocycles. The first-order valence-corrected chi connectivity index (χ1v) is 5.26. The molecule has 0 aliphatic heterocycles. The lowest BCUT2D eigenvalue weighted by atomic mass is 10.0. The van der Waals surface area contributed by atoms with Crippen LogP contribution in [-0.2, 0) is 0 Å². The Morgan fingerprint density at radius 3 is 2.53 bits per heavy atom. The first-order valence-electron chi connectivity index (χ1n) is 4.47. The lowest BCUT2D eigenvalue weighted by molar-refractivity contribution is 0.149.